The van der Waals surface area contributed by atoms with E-state index in [1.165, 1.54) is 46.2 Å². The van der Waals surface area contributed by atoms with Crippen LogP contribution in [0.4, 0.5) is 17.1 Å². The third-order valence-electron chi connectivity index (χ3n) is 17.5. The van der Waals surface area contributed by atoms with Crippen LogP contribution >= 0.6 is 0 Å². The van der Waals surface area contributed by atoms with Crippen molar-refractivity contribution in [2.24, 2.45) is 0 Å². The van der Waals surface area contributed by atoms with Crippen molar-refractivity contribution in [3.05, 3.63) is 328 Å². The van der Waals surface area contributed by atoms with E-state index in [-0.39, 0.29) is 57.1 Å². The van der Waals surface area contributed by atoms with Crippen molar-refractivity contribution in [2.45, 2.75) is 45.4 Å². The number of aryl methyl sites for hydroxylation is 1. The van der Waals surface area contributed by atoms with E-state index in [1.807, 2.05) is 97.1 Å². The molecule has 14 rings (SSSR count). The van der Waals surface area contributed by atoms with Gasteiger partial charge in [0, 0.05) is 29.1 Å². The molecule has 0 spiro atoms. The third kappa shape index (κ3) is 12.4. The lowest BCUT2D eigenvalue weighted by Crippen LogP contribution is -2.29. The van der Waals surface area contributed by atoms with E-state index in [4.69, 9.17) is 18.9 Å². The number of hydrogen-bond donors (Lipinski definition) is 1. The molecule has 0 fully saturated rings. The number of amides is 7. The Kier molecular flexibility index (Phi) is 16.6. The van der Waals surface area contributed by atoms with Gasteiger partial charge in [0.25, 0.3) is 41.4 Å². The maximum Gasteiger partial charge on any atom is 0.266 e. The lowest BCUT2D eigenvalue weighted by molar-refractivity contribution is 0.0691. The number of benzene rings is 11. The predicted molar refractivity (Wildman–Crippen MR) is 367 cm³/mol. The van der Waals surface area contributed by atoms with E-state index in [1.54, 1.807) is 121 Å². The summed E-state index contributed by atoms with van der Waals surface area (Å²) in [4.78, 5) is 92.0. The molecular formula is C81H62N4O11. The van der Waals surface area contributed by atoms with Gasteiger partial charge in [-0.25, -0.2) is 9.80 Å². The summed E-state index contributed by atoms with van der Waals surface area (Å²) >= 11 is 0. The molecule has 0 aliphatic carbocycles. The quantitative estimate of drug-likeness (QED) is 0.0910. The Labute approximate surface area is 554 Å². The maximum atomic E-state index is 12.9. The van der Waals surface area contributed by atoms with Gasteiger partial charge in [-0.05, 0) is 205 Å². The van der Waals surface area contributed by atoms with Gasteiger partial charge >= 0.3 is 0 Å². The molecule has 1 N–H and O–H groups in total. The maximum absolute atomic E-state index is 12.9. The van der Waals surface area contributed by atoms with Crippen LogP contribution in [0.2, 0.25) is 0 Å². The van der Waals surface area contributed by atoms with Crippen molar-refractivity contribution in [2.75, 3.05) is 22.2 Å². The van der Waals surface area contributed by atoms with Crippen LogP contribution in [-0.4, -0.2) is 53.3 Å². The van der Waals surface area contributed by atoms with Gasteiger partial charge in [-0.1, -0.05) is 118 Å². The summed E-state index contributed by atoms with van der Waals surface area (Å²) < 4.78 is 24.2. The zero-order valence-electron chi connectivity index (χ0n) is 53.2. The van der Waals surface area contributed by atoms with Crippen LogP contribution in [0, 0.1) is 6.92 Å². The van der Waals surface area contributed by atoms with Gasteiger partial charge in [0.15, 0.2) is 0 Å². The van der Waals surface area contributed by atoms with E-state index in [9.17, 15) is 33.6 Å². The molecule has 0 bridgehead atoms. The Morgan fingerprint density at radius 1 is 0.323 bits per heavy atom. The lowest BCUT2D eigenvalue weighted by atomic mass is 9.78. The molecule has 15 nitrogen and oxygen atoms in total. The minimum Gasteiger partial charge on any atom is -0.457 e. The predicted octanol–water partition coefficient (Wildman–Crippen LogP) is 17.6. The molecule has 11 aromatic rings. The van der Waals surface area contributed by atoms with Crippen LogP contribution in [0.1, 0.15) is 128 Å². The SMILES string of the molecule is CN1C(=O)c2ccc(C(=O)Nc3ccc(Oc4ccc(C(C)(C)c5ccc(Oc6ccc(N7C(=O)c8ccccc8C7=O)cc6)cc5)cc4)cc3)cc2C1=O.Cc1ccc(Oc2ccc(C(C)(C)c3ccc(Oc4ccc(N5C(=O)c6ccccc6C5=O)cc4)cc3)cc2)cc1. The molecule has 3 heterocycles. The van der Waals surface area contributed by atoms with Crippen molar-refractivity contribution in [1.29, 1.82) is 0 Å². The Balaban J connectivity index is 0.000000181. The van der Waals surface area contributed by atoms with Crippen molar-refractivity contribution in [3.8, 4) is 46.0 Å². The number of nitrogens with one attached hydrogen (secondary N) is 1. The van der Waals surface area contributed by atoms with E-state index in [0.717, 1.165) is 33.1 Å². The molecule has 0 unspecified atom stereocenters. The number of nitrogens with zero attached hydrogens (tertiary/aromatic N) is 3. The number of ether oxygens (including phenoxy) is 4. The third-order valence-corrected chi connectivity index (χ3v) is 17.5. The van der Waals surface area contributed by atoms with Gasteiger partial charge in [0.2, 0.25) is 0 Å². The molecule has 0 atom stereocenters. The number of rotatable bonds is 16. The fourth-order valence-electron chi connectivity index (χ4n) is 11.7. The van der Waals surface area contributed by atoms with Crippen LogP contribution < -0.4 is 34.1 Å². The first-order chi connectivity index (χ1) is 46.3. The standard InChI is InChI=1S/C45H33N3O7.C36H29NO4/c1-45(2,29-11-19-33(20-12-29)55-35-23-15-31(16-24-35)48-43(52)36-6-4-5-7-37(36)44(48)53)28-9-17-32(18-10-28)54-34-21-13-30(14-22-34)46-40(49)27-8-25-38-39(26-27)42(51)47(3)41(38)50;1-24-8-16-28(17-9-24)40-29-18-10-25(11-19-29)36(2,3)26-12-20-30(21-13-26)41-31-22-14-27(15-23-31)37-34(38)32-6-4-5-7-33(32)35(37)39/h4-26H,1-3H3,(H,46,49);4-23H,1-3H3. The molecular weight excluding hydrogens is 1200 g/mol. The second-order valence-corrected chi connectivity index (χ2v) is 24.4. The Bertz CT molecular complexity index is 4790. The molecule has 96 heavy (non-hydrogen) atoms. The Morgan fingerprint density at radius 2 is 0.594 bits per heavy atom. The summed E-state index contributed by atoms with van der Waals surface area (Å²) in [6, 6.07) is 78.9. The highest BCUT2D eigenvalue weighted by Crippen LogP contribution is 2.39. The average Bonchev–Trinajstić information content (AvgIpc) is 1.61. The molecule has 11 aromatic carbocycles. The van der Waals surface area contributed by atoms with E-state index in [0.29, 0.717) is 73.8 Å². The Morgan fingerprint density at radius 3 is 0.917 bits per heavy atom. The summed E-state index contributed by atoms with van der Waals surface area (Å²) in [6.45, 7) is 10.7. The monoisotopic (exact) mass is 1270 g/mol. The second kappa shape index (κ2) is 25.5. The minimum atomic E-state index is -0.431. The Hall–Kier alpha value is -12.5. The topological polar surface area (TPSA) is 178 Å². The highest BCUT2D eigenvalue weighted by atomic mass is 16.5. The lowest BCUT2D eigenvalue weighted by Gasteiger charge is -2.26. The van der Waals surface area contributed by atoms with Crippen LogP contribution in [0.15, 0.2) is 261 Å². The smallest absolute Gasteiger partial charge is 0.266 e. The molecule has 472 valence electrons. The van der Waals surface area contributed by atoms with Crippen LogP contribution in [0.25, 0.3) is 0 Å². The summed E-state index contributed by atoms with van der Waals surface area (Å²) in [5, 5.41) is 2.82. The van der Waals surface area contributed by atoms with E-state index in [2.05, 4.69) is 64.2 Å². The number of imide groups is 3. The highest BCUT2D eigenvalue weighted by Gasteiger charge is 2.38. The summed E-state index contributed by atoms with van der Waals surface area (Å²) in [6.07, 6.45) is 0. The number of hydrogen-bond acceptors (Lipinski definition) is 11. The van der Waals surface area contributed by atoms with Crippen molar-refractivity contribution < 1.29 is 52.5 Å². The molecule has 7 amide bonds. The molecule has 0 saturated carbocycles. The second-order valence-electron chi connectivity index (χ2n) is 24.4. The summed E-state index contributed by atoms with van der Waals surface area (Å²) in [7, 11) is 1.41. The molecule has 3 aliphatic rings. The van der Waals surface area contributed by atoms with Crippen LogP contribution in [0.3, 0.4) is 0 Å². The zero-order chi connectivity index (χ0) is 67.0. The number of fused-ring (bicyclic) bond motifs is 3. The van der Waals surface area contributed by atoms with Gasteiger partial charge in [0.05, 0.1) is 44.8 Å². The van der Waals surface area contributed by atoms with E-state index >= 15 is 0 Å². The summed E-state index contributed by atoms with van der Waals surface area (Å²) in [5.74, 6) is 2.85. The van der Waals surface area contributed by atoms with Crippen LogP contribution in [0.5, 0.6) is 46.0 Å². The normalized spacial score (nSPS) is 13.2. The first kappa shape index (κ1) is 62.3. The van der Waals surface area contributed by atoms with Crippen molar-refractivity contribution in [3.63, 3.8) is 0 Å². The zero-order valence-corrected chi connectivity index (χ0v) is 53.2. The summed E-state index contributed by atoms with van der Waals surface area (Å²) in [5.41, 5.74) is 9.08. The van der Waals surface area contributed by atoms with Gasteiger partial charge in [-0.2, -0.15) is 0 Å². The van der Waals surface area contributed by atoms with Gasteiger partial charge < -0.3 is 24.3 Å². The van der Waals surface area contributed by atoms with Crippen molar-refractivity contribution in [1.82, 2.24) is 4.90 Å². The molecule has 0 radical (unpaired) electrons. The molecule has 3 aliphatic heterocycles. The van der Waals surface area contributed by atoms with E-state index < -0.39 is 11.8 Å². The van der Waals surface area contributed by atoms with Gasteiger partial charge in [0.1, 0.15) is 46.0 Å². The fourth-order valence-corrected chi connectivity index (χ4v) is 11.7. The largest absolute Gasteiger partial charge is 0.457 e. The first-order valence-corrected chi connectivity index (χ1v) is 31.0. The molecule has 0 aromatic heterocycles. The van der Waals surface area contributed by atoms with Crippen molar-refractivity contribution >= 4 is 58.4 Å². The minimum absolute atomic E-state index is 0.215. The highest BCUT2D eigenvalue weighted by molar-refractivity contribution is 6.35. The van der Waals surface area contributed by atoms with Gasteiger partial charge in [-0.3, -0.25) is 38.5 Å². The average molecular weight is 1270 g/mol. The number of carbonyl (C=O) groups is 7. The van der Waals surface area contributed by atoms with Crippen LogP contribution in [-0.2, 0) is 10.8 Å². The molecule has 0 saturated heterocycles. The first-order valence-electron chi connectivity index (χ1n) is 31.0. The van der Waals surface area contributed by atoms with Gasteiger partial charge in [-0.15, -0.1) is 0 Å². The number of anilines is 3. The molecule has 15 heteroatoms. The number of carbonyl (C=O) groups excluding carboxylic acids is 7. The fraction of sp³-hybridized carbons (Fsp3) is 0.0988.